The van der Waals surface area contributed by atoms with Gasteiger partial charge in [-0.3, -0.25) is 9.48 Å². The lowest BCUT2D eigenvalue weighted by Gasteiger charge is -2.09. The smallest absolute Gasteiger partial charge is 0.255 e. The summed E-state index contributed by atoms with van der Waals surface area (Å²) in [4.78, 5) is 12.8. The molecule has 4 rings (SSSR count). The first-order chi connectivity index (χ1) is 15.5. The van der Waals surface area contributed by atoms with Crippen molar-refractivity contribution in [2.75, 3.05) is 11.1 Å². The van der Waals surface area contributed by atoms with E-state index in [1.165, 1.54) is 0 Å². The molecule has 6 nitrogen and oxygen atoms in total. The number of para-hydroxylation sites is 1. The molecule has 0 saturated heterocycles. The Hall–Kier alpha value is -4.06. The van der Waals surface area contributed by atoms with Crippen LogP contribution in [-0.4, -0.2) is 15.7 Å². The van der Waals surface area contributed by atoms with Crippen LogP contribution in [0.5, 0.6) is 5.75 Å². The van der Waals surface area contributed by atoms with Crippen molar-refractivity contribution >= 4 is 17.3 Å². The summed E-state index contributed by atoms with van der Waals surface area (Å²) in [5, 5.41) is 7.61. The number of nitrogen functional groups attached to an aromatic ring is 1. The van der Waals surface area contributed by atoms with E-state index < -0.39 is 0 Å². The highest BCUT2D eigenvalue weighted by atomic mass is 16.5. The highest BCUT2D eigenvalue weighted by Crippen LogP contribution is 2.22. The number of rotatable bonds is 7. The largest absolute Gasteiger partial charge is 0.489 e. The number of aryl methyl sites for hydroxylation is 1. The third-order valence-corrected chi connectivity index (χ3v) is 5.30. The topological polar surface area (TPSA) is 82.2 Å². The first-order valence-corrected chi connectivity index (χ1v) is 10.5. The Morgan fingerprint density at radius 3 is 2.28 bits per heavy atom. The van der Waals surface area contributed by atoms with Gasteiger partial charge in [0.1, 0.15) is 12.4 Å². The highest BCUT2D eigenvalue weighted by Gasteiger charge is 2.15. The number of hydrogen-bond acceptors (Lipinski definition) is 4. The van der Waals surface area contributed by atoms with E-state index in [4.69, 9.17) is 10.5 Å². The fourth-order valence-electron chi connectivity index (χ4n) is 3.45. The van der Waals surface area contributed by atoms with Crippen LogP contribution >= 0.6 is 0 Å². The summed E-state index contributed by atoms with van der Waals surface area (Å²) >= 11 is 0. The van der Waals surface area contributed by atoms with Gasteiger partial charge in [-0.15, -0.1) is 0 Å². The Balaban J connectivity index is 1.41. The van der Waals surface area contributed by atoms with Crippen LogP contribution in [0, 0.1) is 13.8 Å². The lowest BCUT2D eigenvalue weighted by atomic mass is 10.1. The van der Waals surface area contributed by atoms with Gasteiger partial charge in [0, 0.05) is 11.3 Å². The first-order valence-electron chi connectivity index (χ1n) is 10.5. The summed E-state index contributed by atoms with van der Waals surface area (Å²) in [6, 6.07) is 24.8. The van der Waals surface area contributed by atoms with E-state index in [0.29, 0.717) is 18.7 Å². The molecule has 0 aliphatic carbocycles. The normalized spacial score (nSPS) is 10.7. The molecule has 0 spiro atoms. The predicted molar refractivity (Wildman–Crippen MR) is 127 cm³/mol. The molecule has 0 saturated carbocycles. The third-order valence-electron chi connectivity index (χ3n) is 5.30. The third kappa shape index (κ3) is 4.98. The molecule has 3 aromatic carbocycles. The van der Waals surface area contributed by atoms with Gasteiger partial charge in [0.25, 0.3) is 5.91 Å². The second-order valence-corrected chi connectivity index (χ2v) is 7.70. The molecule has 0 atom stereocenters. The van der Waals surface area contributed by atoms with Crippen molar-refractivity contribution in [1.82, 2.24) is 9.78 Å². The fraction of sp³-hybridized carbons (Fsp3) is 0.154. The molecular weight excluding hydrogens is 400 g/mol. The molecule has 32 heavy (non-hydrogen) atoms. The van der Waals surface area contributed by atoms with Crippen molar-refractivity contribution in [3.63, 3.8) is 0 Å². The summed E-state index contributed by atoms with van der Waals surface area (Å²) in [7, 11) is 0. The van der Waals surface area contributed by atoms with E-state index in [1.54, 1.807) is 0 Å². The molecule has 0 aliphatic heterocycles. The monoisotopic (exact) mass is 426 g/mol. The number of amides is 1. The zero-order valence-corrected chi connectivity index (χ0v) is 18.2. The van der Waals surface area contributed by atoms with Gasteiger partial charge in [0.2, 0.25) is 0 Å². The van der Waals surface area contributed by atoms with Gasteiger partial charge in [0.05, 0.1) is 23.6 Å². The van der Waals surface area contributed by atoms with Gasteiger partial charge in [-0.25, -0.2) is 0 Å². The minimum atomic E-state index is -0.168. The van der Waals surface area contributed by atoms with Crippen LogP contribution in [0.25, 0.3) is 0 Å². The van der Waals surface area contributed by atoms with Crippen molar-refractivity contribution in [2.24, 2.45) is 0 Å². The average molecular weight is 427 g/mol. The Labute approximate surface area is 187 Å². The van der Waals surface area contributed by atoms with Gasteiger partial charge in [-0.05, 0) is 61.4 Å². The second kappa shape index (κ2) is 9.39. The van der Waals surface area contributed by atoms with Crippen molar-refractivity contribution in [2.45, 2.75) is 27.0 Å². The maximum atomic E-state index is 12.8. The molecule has 0 aliphatic rings. The molecule has 3 N–H and O–H groups in total. The van der Waals surface area contributed by atoms with E-state index in [2.05, 4.69) is 10.4 Å². The number of nitrogens with zero attached hydrogens (tertiary/aromatic N) is 2. The Kier molecular flexibility index (Phi) is 6.22. The number of anilines is 2. The van der Waals surface area contributed by atoms with Crippen LogP contribution in [0.3, 0.4) is 0 Å². The minimum Gasteiger partial charge on any atom is -0.489 e. The summed E-state index contributed by atoms with van der Waals surface area (Å²) in [6.45, 7) is 4.91. The van der Waals surface area contributed by atoms with E-state index in [9.17, 15) is 4.79 Å². The molecule has 0 unspecified atom stereocenters. The quantitative estimate of drug-likeness (QED) is 0.409. The molecule has 1 heterocycles. The molecule has 4 aromatic rings. The molecular formula is C26H26N4O2. The number of nitrogens with one attached hydrogen (secondary N) is 1. The Morgan fingerprint density at radius 1 is 0.938 bits per heavy atom. The van der Waals surface area contributed by atoms with Crippen LogP contribution in [-0.2, 0) is 13.2 Å². The number of carbonyl (C=O) groups excluding carboxylic acids is 1. The van der Waals surface area contributed by atoms with Crippen LogP contribution in [0.15, 0.2) is 78.9 Å². The van der Waals surface area contributed by atoms with E-state index in [0.717, 1.165) is 39.6 Å². The molecule has 6 heteroatoms. The molecule has 162 valence electrons. The number of benzene rings is 3. The maximum Gasteiger partial charge on any atom is 0.255 e. The number of nitrogens with two attached hydrogens (primary N) is 1. The molecule has 0 radical (unpaired) electrons. The van der Waals surface area contributed by atoms with E-state index in [-0.39, 0.29) is 5.91 Å². The van der Waals surface area contributed by atoms with Crippen molar-refractivity contribution < 1.29 is 9.53 Å². The highest BCUT2D eigenvalue weighted by molar-refractivity contribution is 6.04. The van der Waals surface area contributed by atoms with Crippen LogP contribution in [0.4, 0.5) is 11.4 Å². The van der Waals surface area contributed by atoms with Gasteiger partial charge < -0.3 is 15.8 Å². The summed E-state index contributed by atoms with van der Waals surface area (Å²) in [6.07, 6.45) is 0. The Morgan fingerprint density at radius 2 is 1.59 bits per heavy atom. The average Bonchev–Trinajstić information content (AvgIpc) is 3.07. The van der Waals surface area contributed by atoms with Gasteiger partial charge >= 0.3 is 0 Å². The molecule has 1 aromatic heterocycles. The SMILES string of the molecule is Cc1nn(Cc2ccc(N)cc2)c(C)c1NC(=O)c1ccc(COc2ccccc2)cc1. The van der Waals surface area contributed by atoms with Crippen molar-refractivity contribution in [3.05, 3.63) is 107 Å². The standard InChI is InChI=1S/C26H26N4O2/c1-18-25(19(2)30(29-18)16-20-10-14-23(27)15-11-20)28-26(31)22-12-8-21(9-13-22)17-32-24-6-4-3-5-7-24/h3-15H,16-17,27H2,1-2H3,(H,28,31). The number of aromatic nitrogens is 2. The zero-order valence-electron chi connectivity index (χ0n) is 18.2. The minimum absolute atomic E-state index is 0.168. The lowest BCUT2D eigenvalue weighted by molar-refractivity contribution is 0.102. The first kappa shape index (κ1) is 21.2. The molecule has 0 fully saturated rings. The maximum absolute atomic E-state index is 12.8. The van der Waals surface area contributed by atoms with Crippen LogP contribution < -0.4 is 15.8 Å². The van der Waals surface area contributed by atoms with Gasteiger partial charge in [0.15, 0.2) is 0 Å². The zero-order chi connectivity index (χ0) is 22.5. The van der Waals surface area contributed by atoms with Crippen molar-refractivity contribution in [3.8, 4) is 5.75 Å². The molecule has 0 bridgehead atoms. The van der Waals surface area contributed by atoms with E-state index in [1.807, 2.05) is 97.4 Å². The number of hydrogen-bond donors (Lipinski definition) is 2. The Bertz CT molecular complexity index is 1200. The summed E-state index contributed by atoms with van der Waals surface area (Å²) in [5.41, 5.74) is 11.6. The molecule has 1 amide bonds. The second-order valence-electron chi connectivity index (χ2n) is 7.70. The van der Waals surface area contributed by atoms with Crippen molar-refractivity contribution in [1.29, 1.82) is 0 Å². The van der Waals surface area contributed by atoms with Gasteiger partial charge in [-0.1, -0.05) is 42.5 Å². The van der Waals surface area contributed by atoms with Gasteiger partial charge in [-0.2, -0.15) is 5.10 Å². The van der Waals surface area contributed by atoms with E-state index >= 15 is 0 Å². The lowest BCUT2D eigenvalue weighted by Crippen LogP contribution is -2.13. The fourth-order valence-corrected chi connectivity index (χ4v) is 3.45. The number of carbonyl (C=O) groups is 1. The predicted octanol–water partition coefficient (Wildman–Crippen LogP) is 4.96. The summed E-state index contributed by atoms with van der Waals surface area (Å²) < 4.78 is 7.65. The summed E-state index contributed by atoms with van der Waals surface area (Å²) in [5.74, 6) is 0.648. The van der Waals surface area contributed by atoms with Crippen LogP contribution in [0.1, 0.15) is 32.9 Å². The van der Waals surface area contributed by atoms with Crippen LogP contribution in [0.2, 0.25) is 0 Å². The number of ether oxygens (including phenoxy) is 1.